The molecule has 1 aromatic heterocycles. The van der Waals surface area contributed by atoms with Gasteiger partial charge in [-0.1, -0.05) is 12.1 Å². The Morgan fingerprint density at radius 3 is 2.76 bits per heavy atom. The lowest BCUT2D eigenvalue weighted by Crippen LogP contribution is -2.32. The van der Waals surface area contributed by atoms with Gasteiger partial charge < -0.3 is 10.3 Å². The fraction of sp³-hybridized carbons (Fsp3) is 0.846. The molecule has 1 aromatic rings. The third kappa shape index (κ3) is 3.53. The molecule has 1 aliphatic carbocycles. The van der Waals surface area contributed by atoms with Crippen LogP contribution in [0, 0.1) is 5.92 Å². The van der Waals surface area contributed by atoms with E-state index in [1.807, 2.05) is 13.8 Å². The minimum absolute atomic E-state index is 0.170. The van der Waals surface area contributed by atoms with Crippen molar-refractivity contribution in [1.82, 2.24) is 10.1 Å². The molecule has 1 saturated carbocycles. The molecule has 0 radical (unpaired) electrons. The second-order valence-corrected chi connectivity index (χ2v) is 6.15. The summed E-state index contributed by atoms with van der Waals surface area (Å²) in [5.74, 6) is 2.94. The third-order valence-electron chi connectivity index (χ3n) is 3.53. The molecule has 1 fully saturated rings. The zero-order valence-electron chi connectivity index (χ0n) is 11.1. The lowest BCUT2D eigenvalue weighted by Gasteiger charge is -2.16. The van der Waals surface area contributed by atoms with Crippen LogP contribution in [0.4, 0.5) is 0 Å². The van der Waals surface area contributed by atoms with E-state index in [0.717, 1.165) is 30.5 Å². The molecule has 4 nitrogen and oxygen atoms in total. The Morgan fingerprint density at radius 1 is 1.41 bits per heavy atom. The first-order valence-corrected chi connectivity index (χ1v) is 6.55. The summed E-state index contributed by atoms with van der Waals surface area (Å²) < 4.78 is 5.29. The molecule has 4 heteroatoms. The van der Waals surface area contributed by atoms with Crippen LogP contribution in [0.25, 0.3) is 0 Å². The maximum Gasteiger partial charge on any atom is 0.226 e. The number of hydrogen-bond acceptors (Lipinski definition) is 4. The van der Waals surface area contributed by atoms with Crippen molar-refractivity contribution in [1.29, 1.82) is 0 Å². The van der Waals surface area contributed by atoms with Crippen molar-refractivity contribution >= 4 is 0 Å². The smallest absolute Gasteiger partial charge is 0.226 e. The minimum Gasteiger partial charge on any atom is -0.339 e. The normalized spacial score (nSPS) is 25.4. The molecule has 1 aliphatic rings. The molecular formula is C13H23N3O. The Bertz CT molecular complexity index is 367. The average molecular weight is 237 g/mol. The number of rotatable bonds is 4. The number of aromatic nitrogens is 2. The molecule has 0 saturated heterocycles. The van der Waals surface area contributed by atoms with Gasteiger partial charge in [-0.25, -0.2) is 0 Å². The Hall–Kier alpha value is -0.900. The van der Waals surface area contributed by atoms with Crippen LogP contribution in [0.5, 0.6) is 0 Å². The van der Waals surface area contributed by atoms with Crippen LogP contribution in [-0.2, 0) is 6.42 Å². The third-order valence-corrected chi connectivity index (χ3v) is 3.53. The van der Waals surface area contributed by atoms with E-state index in [2.05, 4.69) is 17.1 Å². The number of nitrogens with zero attached hydrogens (tertiary/aromatic N) is 2. The van der Waals surface area contributed by atoms with Gasteiger partial charge in [0.15, 0.2) is 5.82 Å². The number of hydrogen-bond donors (Lipinski definition) is 1. The second-order valence-electron chi connectivity index (χ2n) is 6.15. The standard InChI is InChI=1S/C13H23N3O/c1-9-4-5-10(8-9)12-15-11(17-16-12)6-7-13(2,3)14/h9-10H,4-8,14H2,1-3H3. The van der Waals surface area contributed by atoms with Gasteiger partial charge in [-0.3, -0.25) is 0 Å². The predicted molar refractivity (Wildman–Crippen MR) is 66.6 cm³/mol. The molecule has 0 spiro atoms. The summed E-state index contributed by atoms with van der Waals surface area (Å²) in [6.07, 6.45) is 5.32. The molecule has 1 heterocycles. The van der Waals surface area contributed by atoms with E-state index in [0.29, 0.717) is 5.92 Å². The molecule has 2 rings (SSSR count). The van der Waals surface area contributed by atoms with Gasteiger partial charge in [-0.2, -0.15) is 4.98 Å². The van der Waals surface area contributed by atoms with Gasteiger partial charge in [0.2, 0.25) is 5.89 Å². The average Bonchev–Trinajstić information content (AvgIpc) is 2.81. The fourth-order valence-corrected chi connectivity index (χ4v) is 2.41. The van der Waals surface area contributed by atoms with Crippen LogP contribution in [-0.4, -0.2) is 15.7 Å². The fourth-order valence-electron chi connectivity index (χ4n) is 2.41. The summed E-state index contributed by atoms with van der Waals surface area (Å²) in [5.41, 5.74) is 5.77. The highest BCUT2D eigenvalue weighted by molar-refractivity contribution is 4.99. The molecule has 0 aromatic carbocycles. The molecule has 2 unspecified atom stereocenters. The van der Waals surface area contributed by atoms with Crippen molar-refractivity contribution in [3.05, 3.63) is 11.7 Å². The lowest BCUT2D eigenvalue weighted by molar-refractivity contribution is 0.352. The zero-order valence-corrected chi connectivity index (χ0v) is 11.1. The van der Waals surface area contributed by atoms with Crippen LogP contribution in [0.15, 0.2) is 4.52 Å². The summed E-state index contributed by atoms with van der Waals surface area (Å²) in [5, 5.41) is 4.11. The SMILES string of the molecule is CC1CCC(c2noc(CCC(C)(C)N)n2)C1. The van der Waals surface area contributed by atoms with Gasteiger partial charge in [0.05, 0.1) is 0 Å². The van der Waals surface area contributed by atoms with Gasteiger partial charge in [-0.15, -0.1) is 0 Å². The van der Waals surface area contributed by atoms with Crippen LogP contribution >= 0.6 is 0 Å². The first-order chi connectivity index (χ1) is 7.94. The quantitative estimate of drug-likeness (QED) is 0.874. The summed E-state index contributed by atoms with van der Waals surface area (Å²) in [7, 11) is 0. The number of nitrogens with two attached hydrogens (primary N) is 1. The molecule has 2 atom stereocenters. The van der Waals surface area contributed by atoms with Crippen LogP contribution in [0.1, 0.15) is 64.1 Å². The highest BCUT2D eigenvalue weighted by atomic mass is 16.5. The Kier molecular flexibility index (Phi) is 3.52. The van der Waals surface area contributed by atoms with Gasteiger partial charge in [-0.05, 0) is 45.4 Å². The summed E-state index contributed by atoms with van der Waals surface area (Å²) >= 11 is 0. The van der Waals surface area contributed by atoms with E-state index >= 15 is 0 Å². The maximum absolute atomic E-state index is 5.94. The Balaban J connectivity index is 1.92. The second kappa shape index (κ2) is 4.77. The minimum atomic E-state index is -0.170. The van der Waals surface area contributed by atoms with E-state index in [-0.39, 0.29) is 5.54 Å². The summed E-state index contributed by atoms with van der Waals surface area (Å²) in [6, 6.07) is 0. The van der Waals surface area contributed by atoms with E-state index in [1.165, 1.54) is 19.3 Å². The van der Waals surface area contributed by atoms with Crippen LogP contribution in [0.3, 0.4) is 0 Å². The van der Waals surface area contributed by atoms with Crippen molar-refractivity contribution in [3.63, 3.8) is 0 Å². The zero-order chi connectivity index (χ0) is 12.5. The van der Waals surface area contributed by atoms with Crippen molar-refractivity contribution in [2.45, 2.75) is 64.3 Å². The van der Waals surface area contributed by atoms with Crippen molar-refractivity contribution in [2.24, 2.45) is 11.7 Å². The van der Waals surface area contributed by atoms with Crippen LogP contribution in [0.2, 0.25) is 0 Å². The van der Waals surface area contributed by atoms with E-state index in [4.69, 9.17) is 10.3 Å². The Morgan fingerprint density at radius 2 is 2.18 bits per heavy atom. The first kappa shape index (κ1) is 12.6. The Labute approximate surface area is 103 Å². The van der Waals surface area contributed by atoms with E-state index in [1.54, 1.807) is 0 Å². The van der Waals surface area contributed by atoms with E-state index < -0.39 is 0 Å². The maximum atomic E-state index is 5.94. The van der Waals surface area contributed by atoms with Gasteiger partial charge in [0, 0.05) is 17.9 Å². The van der Waals surface area contributed by atoms with Crippen LogP contribution < -0.4 is 5.73 Å². The topological polar surface area (TPSA) is 64.9 Å². The van der Waals surface area contributed by atoms with Crippen molar-refractivity contribution < 1.29 is 4.52 Å². The predicted octanol–water partition coefficient (Wildman–Crippen LogP) is 2.64. The molecule has 0 amide bonds. The van der Waals surface area contributed by atoms with Gasteiger partial charge in [0.25, 0.3) is 0 Å². The van der Waals surface area contributed by atoms with Crippen molar-refractivity contribution in [2.75, 3.05) is 0 Å². The highest BCUT2D eigenvalue weighted by Crippen LogP contribution is 2.36. The molecule has 0 aliphatic heterocycles. The van der Waals surface area contributed by atoms with Gasteiger partial charge in [0.1, 0.15) is 0 Å². The monoisotopic (exact) mass is 237 g/mol. The van der Waals surface area contributed by atoms with Gasteiger partial charge >= 0.3 is 0 Å². The highest BCUT2D eigenvalue weighted by Gasteiger charge is 2.26. The van der Waals surface area contributed by atoms with E-state index in [9.17, 15) is 0 Å². The number of aryl methyl sites for hydroxylation is 1. The lowest BCUT2D eigenvalue weighted by atomic mass is 10.0. The summed E-state index contributed by atoms with van der Waals surface area (Å²) in [4.78, 5) is 4.50. The molecule has 2 N–H and O–H groups in total. The largest absolute Gasteiger partial charge is 0.339 e. The molecule has 0 bridgehead atoms. The summed E-state index contributed by atoms with van der Waals surface area (Å²) in [6.45, 7) is 6.32. The molecule has 17 heavy (non-hydrogen) atoms. The molecule has 96 valence electrons. The first-order valence-electron chi connectivity index (χ1n) is 6.55. The van der Waals surface area contributed by atoms with Crippen molar-refractivity contribution in [3.8, 4) is 0 Å². The molecular weight excluding hydrogens is 214 g/mol.